The van der Waals surface area contributed by atoms with Crippen molar-refractivity contribution in [3.05, 3.63) is 35.0 Å². The number of nitrogens with zero attached hydrogens (tertiary/aromatic N) is 2. The summed E-state index contributed by atoms with van der Waals surface area (Å²) in [7, 11) is 2.11. The molecule has 0 spiro atoms. The smallest absolute Gasteiger partial charge is 0.270 e. The second-order valence-corrected chi connectivity index (χ2v) is 7.26. The van der Waals surface area contributed by atoms with Crippen molar-refractivity contribution in [3.63, 3.8) is 0 Å². The van der Waals surface area contributed by atoms with Gasteiger partial charge in [0, 0.05) is 43.2 Å². The van der Waals surface area contributed by atoms with E-state index >= 15 is 0 Å². The number of fused-ring (bicyclic) bond motifs is 1. The molecule has 5 nitrogen and oxygen atoms in total. The van der Waals surface area contributed by atoms with Crippen LogP contribution in [0.15, 0.2) is 18.2 Å². The fourth-order valence-corrected chi connectivity index (χ4v) is 3.82. The number of aromatic nitrogens is 1. The molecular formula is C20H29N3O2. The summed E-state index contributed by atoms with van der Waals surface area (Å²) in [5, 5.41) is 10.1. The highest BCUT2D eigenvalue weighted by molar-refractivity contribution is 6.01. The standard InChI is InChI=1S/C20H29N3O2/c1-14-5-6-18-17(13-14)15(2)19(21-18)20(25)23-10-7-16(8-11-23)22(3)9-4-12-24/h5-6,13,16,21,24H,4,7-12H2,1-3H3. The van der Waals surface area contributed by atoms with Gasteiger partial charge in [0.2, 0.25) is 0 Å². The van der Waals surface area contributed by atoms with E-state index < -0.39 is 0 Å². The van der Waals surface area contributed by atoms with Gasteiger partial charge in [-0.05, 0) is 57.9 Å². The van der Waals surface area contributed by atoms with Crippen molar-refractivity contribution in [2.24, 2.45) is 0 Å². The first-order chi connectivity index (χ1) is 12.0. The number of piperidine rings is 1. The molecule has 1 aromatic heterocycles. The molecule has 2 aromatic rings. The van der Waals surface area contributed by atoms with Crippen molar-refractivity contribution >= 4 is 16.8 Å². The molecule has 136 valence electrons. The van der Waals surface area contributed by atoms with E-state index in [0.29, 0.717) is 6.04 Å². The largest absolute Gasteiger partial charge is 0.396 e. The minimum atomic E-state index is 0.114. The van der Waals surface area contributed by atoms with Gasteiger partial charge in [-0.1, -0.05) is 11.6 Å². The molecule has 0 aliphatic carbocycles. The van der Waals surface area contributed by atoms with Gasteiger partial charge in [0.15, 0.2) is 0 Å². The lowest BCUT2D eigenvalue weighted by molar-refractivity contribution is 0.0635. The maximum Gasteiger partial charge on any atom is 0.270 e. The first-order valence-electron chi connectivity index (χ1n) is 9.20. The van der Waals surface area contributed by atoms with Gasteiger partial charge in [0.25, 0.3) is 5.91 Å². The van der Waals surface area contributed by atoms with E-state index in [0.717, 1.165) is 61.1 Å². The van der Waals surface area contributed by atoms with Gasteiger partial charge in [-0.3, -0.25) is 4.79 Å². The second-order valence-electron chi connectivity index (χ2n) is 7.26. The number of aliphatic hydroxyl groups excluding tert-OH is 1. The molecule has 3 rings (SSSR count). The minimum absolute atomic E-state index is 0.114. The Hall–Kier alpha value is -1.85. The number of H-pyrrole nitrogens is 1. The van der Waals surface area contributed by atoms with E-state index in [4.69, 9.17) is 5.11 Å². The fraction of sp³-hybridized carbons (Fsp3) is 0.550. The number of carbonyl (C=O) groups is 1. The van der Waals surface area contributed by atoms with Gasteiger partial charge in [0.05, 0.1) is 0 Å². The Labute approximate surface area is 149 Å². The lowest BCUT2D eigenvalue weighted by atomic mass is 10.0. The number of rotatable bonds is 5. The number of hydrogen-bond acceptors (Lipinski definition) is 3. The molecule has 1 saturated heterocycles. The number of benzene rings is 1. The van der Waals surface area contributed by atoms with Crippen molar-refractivity contribution in [2.45, 2.75) is 39.2 Å². The first-order valence-corrected chi connectivity index (χ1v) is 9.20. The summed E-state index contributed by atoms with van der Waals surface area (Å²) in [5.41, 5.74) is 4.02. The van der Waals surface area contributed by atoms with Crippen molar-refractivity contribution in [2.75, 3.05) is 33.3 Å². The number of amides is 1. The monoisotopic (exact) mass is 343 g/mol. The quantitative estimate of drug-likeness (QED) is 0.877. The number of hydrogen-bond donors (Lipinski definition) is 2. The van der Waals surface area contributed by atoms with E-state index in [-0.39, 0.29) is 12.5 Å². The van der Waals surface area contributed by atoms with Crippen LogP contribution in [0.25, 0.3) is 10.9 Å². The van der Waals surface area contributed by atoms with E-state index in [1.807, 2.05) is 11.8 Å². The summed E-state index contributed by atoms with van der Waals surface area (Å²) in [6.07, 6.45) is 2.79. The Bertz CT molecular complexity index is 745. The van der Waals surface area contributed by atoms with Gasteiger partial charge in [-0.2, -0.15) is 0 Å². The third-order valence-corrected chi connectivity index (χ3v) is 5.47. The zero-order valence-corrected chi connectivity index (χ0v) is 15.5. The highest BCUT2D eigenvalue weighted by Crippen LogP contribution is 2.25. The maximum atomic E-state index is 13.0. The fourth-order valence-electron chi connectivity index (χ4n) is 3.82. The van der Waals surface area contributed by atoms with Crippen LogP contribution in [0, 0.1) is 13.8 Å². The van der Waals surface area contributed by atoms with Gasteiger partial charge in [-0.25, -0.2) is 0 Å². The van der Waals surface area contributed by atoms with Gasteiger partial charge in [0.1, 0.15) is 5.69 Å². The molecular weight excluding hydrogens is 314 g/mol. The van der Waals surface area contributed by atoms with Crippen LogP contribution in [-0.4, -0.2) is 65.1 Å². The SMILES string of the molecule is Cc1ccc2[nH]c(C(=O)N3CCC(N(C)CCCO)CC3)c(C)c2c1. The van der Waals surface area contributed by atoms with Crippen LogP contribution in [0.2, 0.25) is 0 Å². The molecule has 0 radical (unpaired) electrons. The second kappa shape index (κ2) is 7.58. The third-order valence-electron chi connectivity index (χ3n) is 5.47. The summed E-state index contributed by atoms with van der Waals surface area (Å²) in [4.78, 5) is 20.6. The molecule has 5 heteroatoms. The minimum Gasteiger partial charge on any atom is -0.396 e. The van der Waals surface area contributed by atoms with Crippen molar-refractivity contribution < 1.29 is 9.90 Å². The highest BCUT2D eigenvalue weighted by atomic mass is 16.3. The Morgan fingerprint density at radius 2 is 2.04 bits per heavy atom. The topological polar surface area (TPSA) is 59.6 Å². The lowest BCUT2D eigenvalue weighted by Gasteiger charge is -2.36. The van der Waals surface area contributed by atoms with Crippen LogP contribution < -0.4 is 0 Å². The van der Waals surface area contributed by atoms with Crippen LogP contribution in [0.4, 0.5) is 0 Å². The summed E-state index contributed by atoms with van der Waals surface area (Å²) in [5.74, 6) is 0.114. The maximum absolute atomic E-state index is 13.0. The summed E-state index contributed by atoms with van der Waals surface area (Å²) >= 11 is 0. The van der Waals surface area contributed by atoms with Crippen LogP contribution in [0.1, 0.15) is 40.9 Å². The molecule has 1 fully saturated rings. The Morgan fingerprint density at radius 3 is 2.72 bits per heavy atom. The number of carbonyl (C=O) groups excluding carboxylic acids is 1. The predicted molar refractivity (Wildman–Crippen MR) is 101 cm³/mol. The lowest BCUT2D eigenvalue weighted by Crippen LogP contribution is -2.46. The summed E-state index contributed by atoms with van der Waals surface area (Å²) in [6, 6.07) is 6.76. The van der Waals surface area contributed by atoms with Crippen molar-refractivity contribution in [3.8, 4) is 0 Å². The molecule has 1 amide bonds. The van der Waals surface area contributed by atoms with Crippen molar-refractivity contribution in [1.82, 2.24) is 14.8 Å². The molecule has 1 aliphatic rings. The molecule has 25 heavy (non-hydrogen) atoms. The molecule has 0 bridgehead atoms. The molecule has 0 saturated carbocycles. The molecule has 1 aromatic carbocycles. The van der Waals surface area contributed by atoms with Crippen LogP contribution in [0.5, 0.6) is 0 Å². The zero-order valence-electron chi connectivity index (χ0n) is 15.5. The van der Waals surface area contributed by atoms with E-state index in [2.05, 4.69) is 42.1 Å². The summed E-state index contributed by atoms with van der Waals surface area (Å²) < 4.78 is 0. The average Bonchev–Trinajstić information content (AvgIpc) is 2.95. The number of aliphatic hydroxyl groups is 1. The van der Waals surface area contributed by atoms with Crippen molar-refractivity contribution in [1.29, 1.82) is 0 Å². The molecule has 2 N–H and O–H groups in total. The average molecular weight is 343 g/mol. The van der Waals surface area contributed by atoms with Gasteiger partial charge >= 0.3 is 0 Å². The Morgan fingerprint density at radius 1 is 1.32 bits per heavy atom. The van der Waals surface area contributed by atoms with Crippen LogP contribution in [-0.2, 0) is 0 Å². The van der Waals surface area contributed by atoms with E-state index in [1.165, 1.54) is 5.56 Å². The van der Waals surface area contributed by atoms with E-state index in [1.54, 1.807) is 0 Å². The molecule has 1 aliphatic heterocycles. The van der Waals surface area contributed by atoms with Crippen LogP contribution >= 0.6 is 0 Å². The molecule has 0 unspecified atom stereocenters. The Balaban J connectivity index is 1.68. The molecule has 2 heterocycles. The number of likely N-dealkylation sites (tertiary alicyclic amines) is 1. The van der Waals surface area contributed by atoms with Gasteiger partial charge < -0.3 is 19.9 Å². The number of nitrogens with one attached hydrogen (secondary N) is 1. The van der Waals surface area contributed by atoms with Gasteiger partial charge in [-0.15, -0.1) is 0 Å². The third kappa shape index (κ3) is 3.72. The number of aryl methyl sites for hydroxylation is 2. The zero-order chi connectivity index (χ0) is 18.0. The number of aromatic amines is 1. The highest BCUT2D eigenvalue weighted by Gasteiger charge is 2.27. The predicted octanol–water partition coefficient (Wildman–Crippen LogP) is 2.70. The van der Waals surface area contributed by atoms with E-state index in [9.17, 15) is 4.79 Å². The Kier molecular flexibility index (Phi) is 5.45. The van der Waals surface area contributed by atoms with Crippen LogP contribution in [0.3, 0.4) is 0 Å². The molecule has 0 atom stereocenters. The summed E-state index contributed by atoms with van der Waals surface area (Å²) in [6.45, 7) is 6.84. The normalized spacial score (nSPS) is 16.1. The first kappa shape index (κ1) is 18.0.